The number of hydrogen-bond acceptors (Lipinski definition) is 4. The molecule has 4 nitrogen and oxygen atoms in total. The largest absolute Gasteiger partial charge is 0.507 e. The molecule has 1 aliphatic rings. The SMILES string of the molecule is CC(NCCC1CCN(C)CC1)c1c(O)cccc1O. The molecule has 2 rings (SSSR count). The fraction of sp³-hybridized carbons (Fsp3) is 0.625. The number of hydrogen-bond donors (Lipinski definition) is 3. The molecular weight excluding hydrogens is 252 g/mol. The lowest BCUT2D eigenvalue weighted by molar-refractivity contribution is 0.210. The van der Waals surface area contributed by atoms with Crippen molar-refractivity contribution < 1.29 is 10.2 Å². The molecular formula is C16H26N2O2. The zero-order chi connectivity index (χ0) is 14.5. The summed E-state index contributed by atoms with van der Waals surface area (Å²) in [6.07, 6.45) is 3.70. The molecule has 4 heteroatoms. The van der Waals surface area contributed by atoms with Crippen molar-refractivity contribution in [3.63, 3.8) is 0 Å². The first-order chi connectivity index (χ1) is 9.58. The number of phenols is 2. The second-order valence-electron chi connectivity index (χ2n) is 5.92. The van der Waals surface area contributed by atoms with E-state index >= 15 is 0 Å². The molecule has 1 heterocycles. The highest BCUT2D eigenvalue weighted by Gasteiger charge is 2.18. The Bertz CT molecular complexity index is 408. The topological polar surface area (TPSA) is 55.7 Å². The first-order valence-electron chi connectivity index (χ1n) is 7.50. The van der Waals surface area contributed by atoms with Gasteiger partial charge in [0.1, 0.15) is 11.5 Å². The lowest BCUT2D eigenvalue weighted by atomic mass is 9.93. The molecule has 1 aromatic rings. The van der Waals surface area contributed by atoms with Crippen molar-refractivity contribution in [1.29, 1.82) is 0 Å². The predicted octanol–water partition coefficient (Wildman–Crippen LogP) is 2.48. The molecule has 0 spiro atoms. The normalized spacial score (nSPS) is 19.1. The van der Waals surface area contributed by atoms with Gasteiger partial charge in [-0.05, 0) is 70.9 Å². The van der Waals surface area contributed by atoms with Gasteiger partial charge in [-0.2, -0.15) is 0 Å². The number of likely N-dealkylation sites (tertiary alicyclic amines) is 1. The molecule has 0 radical (unpaired) electrons. The summed E-state index contributed by atoms with van der Waals surface area (Å²) in [5.41, 5.74) is 0.593. The van der Waals surface area contributed by atoms with Crippen LogP contribution in [0, 0.1) is 5.92 Å². The van der Waals surface area contributed by atoms with E-state index in [0.29, 0.717) is 5.56 Å². The van der Waals surface area contributed by atoms with E-state index in [1.807, 2.05) is 6.92 Å². The lowest BCUT2D eigenvalue weighted by Crippen LogP contribution is -2.32. The number of aromatic hydroxyl groups is 2. The van der Waals surface area contributed by atoms with Crippen molar-refractivity contribution in [3.8, 4) is 11.5 Å². The number of piperidine rings is 1. The fourth-order valence-electron chi connectivity index (χ4n) is 2.94. The van der Waals surface area contributed by atoms with Gasteiger partial charge in [0.25, 0.3) is 0 Å². The molecule has 3 N–H and O–H groups in total. The van der Waals surface area contributed by atoms with Crippen LogP contribution in [0.15, 0.2) is 18.2 Å². The zero-order valence-corrected chi connectivity index (χ0v) is 12.5. The molecule has 0 bridgehead atoms. The summed E-state index contributed by atoms with van der Waals surface area (Å²) in [6.45, 7) is 5.29. The molecule has 1 aromatic carbocycles. The minimum absolute atomic E-state index is 0.0394. The van der Waals surface area contributed by atoms with Gasteiger partial charge in [0, 0.05) is 6.04 Å². The van der Waals surface area contributed by atoms with E-state index in [9.17, 15) is 10.2 Å². The molecule has 0 aliphatic carbocycles. The monoisotopic (exact) mass is 278 g/mol. The van der Waals surface area contributed by atoms with Gasteiger partial charge in [0.2, 0.25) is 0 Å². The highest BCUT2D eigenvalue weighted by Crippen LogP contribution is 2.32. The predicted molar refractivity (Wildman–Crippen MR) is 81.0 cm³/mol. The van der Waals surface area contributed by atoms with Crippen molar-refractivity contribution >= 4 is 0 Å². The van der Waals surface area contributed by atoms with Gasteiger partial charge < -0.3 is 20.4 Å². The number of rotatable bonds is 5. The van der Waals surface area contributed by atoms with Crippen LogP contribution in [0.25, 0.3) is 0 Å². The van der Waals surface area contributed by atoms with Crippen LogP contribution in [0.1, 0.15) is 37.8 Å². The summed E-state index contributed by atoms with van der Waals surface area (Å²) in [5.74, 6) is 1.11. The fourth-order valence-corrected chi connectivity index (χ4v) is 2.94. The average molecular weight is 278 g/mol. The van der Waals surface area contributed by atoms with Crippen LogP contribution in [0.3, 0.4) is 0 Å². The van der Waals surface area contributed by atoms with Crippen molar-refractivity contribution in [2.24, 2.45) is 5.92 Å². The first kappa shape index (κ1) is 15.1. The Morgan fingerprint density at radius 2 is 1.85 bits per heavy atom. The second kappa shape index (κ2) is 6.95. The summed E-state index contributed by atoms with van der Waals surface area (Å²) >= 11 is 0. The van der Waals surface area contributed by atoms with Crippen molar-refractivity contribution in [2.45, 2.75) is 32.2 Å². The third-order valence-corrected chi connectivity index (χ3v) is 4.33. The molecule has 112 valence electrons. The van der Waals surface area contributed by atoms with Crippen molar-refractivity contribution in [2.75, 3.05) is 26.7 Å². The van der Waals surface area contributed by atoms with E-state index in [-0.39, 0.29) is 17.5 Å². The minimum Gasteiger partial charge on any atom is -0.507 e. The minimum atomic E-state index is -0.0394. The first-order valence-corrected chi connectivity index (χ1v) is 7.50. The molecule has 0 amide bonds. The van der Waals surface area contributed by atoms with Crippen molar-refractivity contribution in [1.82, 2.24) is 10.2 Å². The Balaban J connectivity index is 1.79. The van der Waals surface area contributed by atoms with Crippen LogP contribution in [-0.2, 0) is 0 Å². The van der Waals surface area contributed by atoms with Gasteiger partial charge in [-0.3, -0.25) is 0 Å². The quantitative estimate of drug-likeness (QED) is 0.774. The molecule has 0 saturated carbocycles. The zero-order valence-electron chi connectivity index (χ0n) is 12.5. The van der Waals surface area contributed by atoms with Crippen LogP contribution in [0.2, 0.25) is 0 Å². The van der Waals surface area contributed by atoms with Gasteiger partial charge in [0.15, 0.2) is 0 Å². The maximum atomic E-state index is 9.83. The van der Waals surface area contributed by atoms with E-state index in [4.69, 9.17) is 0 Å². The smallest absolute Gasteiger partial charge is 0.124 e. The maximum absolute atomic E-state index is 9.83. The van der Waals surface area contributed by atoms with E-state index < -0.39 is 0 Å². The van der Waals surface area contributed by atoms with Gasteiger partial charge in [0.05, 0.1) is 5.56 Å². The number of nitrogens with zero attached hydrogens (tertiary/aromatic N) is 1. The van der Waals surface area contributed by atoms with E-state index in [1.54, 1.807) is 18.2 Å². The lowest BCUT2D eigenvalue weighted by Gasteiger charge is -2.29. The van der Waals surface area contributed by atoms with Gasteiger partial charge in [-0.15, -0.1) is 0 Å². The summed E-state index contributed by atoms with van der Waals surface area (Å²) in [5, 5.41) is 23.1. The summed E-state index contributed by atoms with van der Waals surface area (Å²) in [7, 11) is 2.18. The standard InChI is InChI=1S/C16H26N2O2/c1-12(16-14(19)4-3-5-15(16)20)17-9-6-13-7-10-18(2)11-8-13/h3-5,12-13,17,19-20H,6-11H2,1-2H3. The Labute approximate surface area is 121 Å². The van der Waals surface area contributed by atoms with Gasteiger partial charge >= 0.3 is 0 Å². The number of benzene rings is 1. The molecule has 1 aliphatic heterocycles. The van der Waals surface area contributed by atoms with Crippen LogP contribution < -0.4 is 5.32 Å². The third-order valence-electron chi connectivity index (χ3n) is 4.33. The van der Waals surface area contributed by atoms with Gasteiger partial charge in [-0.1, -0.05) is 6.07 Å². The van der Waals surface area contributed by atoms with Crippen LogP contribution >= 0.6 is 0 Å². The maximum Gasteiger partial charge on any atom is 0.124 e. The Hall–Kier alpha value is -1.26. The Morgan fingerprint density at radius 3 is 2.45 bits per heavy atom. The number of nitrogens with one attached hydrogen (secondary N) is 1. The number of phenolic OH excluding ortho intramolecular Hbond substituents is 2. The summed E-state index contributed by atoms with van der Waals surface area (Å²) in [4.78, 5) is 2.38. The molecule has 1 fully saturated rings. The molecule has 1 saturated heterocycles. The summed E-state index contributed by atoms with van der Waals surface area (Å²) in [6, 6.07) is 4.84. The van der Waals surface area contributed by atoms with E-state index in [0.717, 1.165) is 18.9 Å². The molecule has 20 heavy (non-hydrogen) atoms. The summed E-state index contributed by atoms with van der Waals surface area (Å²) < 4.78 is 0. The third kappa shape index (κ3) is 3.87. The second-order valence-corrected chi connectivity index (χ2v) is 5.92. The molecule has 1 atom stereocenters. The van der Waals surface area contributed by atoms with Crippen LogP contribution in [0.5, 0.6) is 11.5 Å². The highest BCUT2D eigenvalue weighted by atomic mass is 16.3. The molecule has 1 unspecified atom stereocenters. The van der Waals surface area contributed by atoms with Crippen molar-refractivity contribution in [3.05, 3.63) is 23.8 Å². The Kier molecular flexibility index (Phi) is 5.26. The molecule has 0 aromatic heterocycles. The van der Waals surface area contributed by atoms with E-state index in [1.165, 1.54) is 25.9 Å². The van der Waals surface area contributed by atoms with Gasteiger partial charge in [-0.25, -0.2) is 0 Å². The average Bonchev–Trinajstić information content (AvgIpc) is 2.41. The Morgan fingerprint density at radius 1 is 1.25 bits per heavy atom. The van der Waals surface area contributed by atoms with E-state index in [2.05, 4.69) is 17.3 Å². The van der Waals surface area contributed by atoms with Crippen LogP contribution in [-0.4, -0.2) is 41.8 Å². The van der Waals surface area contributed by atoms with Crippen LogP contribution in [0.4, 0.5) is 0 Å². The highest BCUT2D eigenvalue weighted by molar-refractivity contribution is 5.44.